The average molecular weight is 370 g/mol. The molecule has 140 valence electrons. The molecule has 0 aliphatic heterocycles. The summed E-state index contributed by atoms with van der Waals surface area (Å²) in [4.78, 5) is 16.1. The van der Waals surface area contributed by atoms with Gasteiger partial charge < -0.3 is 10.1 Å². The molecule has 0 unspecified atom stereocenters. The highest BCUT2D eigenvalue weighted by atomic mass is 19.4. The second kappa shape index (κ2) is 7.31. The molecule has 1 N–H and O–H groups in total. The van der Waals surface area contributed by atoms with Crippen LogP contribution in [0.2, 0.25) is 0 Å². The van der Waals surface area contributed by atoms with E-state index in [1.54, 1.807) is 20.8 Å². The number of rotatable bonds is 4. The van der Waals surface area contributed by atoms with Crippen LogP contribution >= 0.6 is 0 Å². The summed E-state index contributed by atoms with van der Waals surface area (Å²) in [5.74, 6) is -1.99. The Hall–Kier alpha value is -2.64. The first-order valence-corrected chi connectivity index (χ1v) is 7.78. The third-order valence-corrected chi connectivity index (χ3v) is 3.61. The van der Waals surface area contributed by atoms with Crippen molar-refractivity contribution in [1.29, 1.82) is 0 Å². The lowest BCUT2D eigenvalue weighted by molar-refractivity contribution is -0.138. The van der Waals surface area contributed by atoms with Gasteiger partial charge in [-0.2, -0.15) is 13.2 Å². The van der Waals surface area contributed by atoms with E-state index in [1.807, 2.05) is 0 Å². The van der Waals surface area contributed by atoms with Crippen LogP contribution in [0.4, 0.5) is 23.4 Å². The van der Waals surface area contributed by atoms with Crippen molar-refractivity contribution < 1.29 is 27.1 Å². The van der Waals surface area contributed by atoms with Gasteiger partial charge in [0.15, 0.2) is 0 Å². The number of aromatic nitrogens is 1. The standard InChI is InChI=1S/C18H18F4N2O2/c1-9(2)23-16-15(17(25)26-4)12(18(20,21)22)8-14(24-16)11-6-5-10(3)13(19)7-11/h5-9H,1-4H3,(H,23,24). The number of pyridine rings is 1. The van der Waals surface area contributed by atoms with Crippen LogP contribution in [0.5, 0.6) is 0 Å². The molecule has 0 aliphatic rings. The van der Waals surface area contributed by atoms with Gasteiger partial charge in [0.1, 0.15) is 17.2 Å². The maximum atomic E-state index is 13.8. The molecule has 0 aliphatic carbocycles. The molecule has 0 saturated carbocycles. The number of hydrogen-bond acceptors (Lipinski definition) is 4. The van der Waals surface area contributed by atoms with Crippen LogP contribution in [0.15, 0.2) is 24.3 Å². The van der Waals surface area contributed by atoms with Crippen molar-refractivity contribution in [3.05, 3.63) is 46.8 Å². The number of alkyl halides is 3. The molecule has 2 rings (SSSR count). The molecule has 4 nitrogen and oxygen atoms in total. The van der Waals surface area contributed by atoms with Gasteiger partial charge in [-0.25, -0.2) is 14.2 Å². The van der Waals surface area contributed by atoms with E-state index in [9.17, 15) is 22.4 Å². The zero-order valence-electron chi connectivity index (χ0n) is 14.7. The minimum Gasteiger partial charge on any atom is -0.465 e. The molecule has 8 heteroatoms. The van der Waals surface area contributed by atoms with Gasteiger partial charge in [0.05, 0.1) is 18.4 Å². The predicted octanol–water partition coefficient (Wildman–Crippen LogP) is 4.82. The Morgan fingerprint density at radius 1 is 1.23 bits per heavy atom. The van der Waals surface area contributed by atoms with E-state index < -0.39 is 29.1 Å². The van der Waals surface area contributed by atoms with Crippen LogP contribution in [0.25, 0.3) is 11.3 Å². The summed E-state index contributed by atoms with van der Waals surface area (Å²) in [6.45, 7) is 4.92. The van der Waals surface area contributed by atoms with Crippen LogP contribution < -0.4 is 5.32 Å². The van der Waals surface area contributed by atoms with Crippen LogP contribution in [-0.2, 0) is 10.9 Å². The molecule has 0 amide bonds. The number of nitrogens with zero attached hydrogens (tertiary/aromatic N) is 1. The molecular weight excluding hydrogens is 352 g/mol. The first kappa shape index (κ1) is 19.7. The van der Waals surface area contributed by atoms with Gasteiger partial charge in [-0.3, -0.25) is 0 Å². The highest BCUT2D eigenvalue weighted by Gasteiger charge is 2.38. The van der Waals surface area contributed by atoms with Gasteiger partial charge >= 0.3 is 12.1 Å². The van der Waals surface area contributed by atoms with Gasteiger partial charge in [0.2, 0.25) is 0 Å². The quantitative estimate of drug-likeness (QED) is 0.619. The molecule has 0 bridgehead atoms. The Kier molecular flexibility index (Phi) is 5.53. The first-order valence-electron chi connectivity index (χ1n) is 7.78. The van der Waals surface area contributed by atoms with Crippen molar-refractivity contribution >= 4 is 11.8 Å². The molecule has 1 aromatic heterocycles. The van der Waals surface area contributed by atoms with Crippen molar-refractivity contribution in [2.75, 3.05) is 12.4 Å². The minimum absolute atomic E-state index is 0.105. The van der Waals surface area contributed by atoms with E-state index in [-0.39, 0.29) is 23.1 Å². The van der Waals surface area contributed by atoms with Gasteiger partial charge in [-0.1, -0.05) is 12.1 Å². The van der Waals surface area contributed by atoms with Gasteiger partial charge in [0.25, 0.3) is 0 Å². The molecule has 26 heavy (non-hydrogen) atoms. The zero-order valence-corrected chi connectivity index (χ0v) is 14.7. The second-order valence-electron chi connectivity index (χ2n) is 6.03. The Morgan fingerprint density at radius 2 is 1.88 bits per heavy atom. The van der Waals surface area contributed by atoms with Crippen molar-refractivity contribution in [2.45, 2.75) is 33.0 Å². The average Bonchev–Trinajstić information content (AvgIpc) is 2.54. The third-order valence-electron chi connectivity index (χ3n) is 3.61. The largest absolute Gasteiger partial charge is 0.465 e. The van der Waals surface area contributed by atoms with Gasteiger partial charge in [-0.05, 0) is 38.5 Å². The Balaban J connectivity index is 2.78. The smallest absolute Gasteiger partial charge is 0.417 e. The topological polar surface area (TPSA) is 51.2 Å². The summed E-state index contributed by atoms with van der Waals surface area (Å²) < 4.78 is 59.0. The number of halogens is 4. The van der Waals surface area contributed by atoms with E-state index in [1.165, 1.54) is 12.1 Å². The summed E-state index contributed by atoms with van der Waals surface area (Å²) in [6, 6.07) is 4.45. The summed E-state index contributed by atoms with van der Waals surface area (Å²) in [5, 5.41) is 2.73. The summed E-state index contributed by atoms with van der Waals surface area (Å²) in [5.41, 5.74) is -1.48. The summed E-state index contributed by atoms with van der Waals surface area (Å²) in [7, 11) is 0.991. The molecule has 0 radical (unpaired) electrons. The summed E-state index contributed by atoms with van der Waals surface area (Å²) in [6.07, 6.45) is -4.82. The Morgan fingerprint density at radius 3 is 2.38 bits per heavy atom. The fourth-order valence-corrected chi connectivity index (χ4v) is 2.36. The van der Waals surface area contributed by atoms with Gasteiger partial charge in [-0.15, -0.1) is 0 Å². The summed E-state index contributed by atoms with van der Waals surface area (Å²) >= 11 is 0. The molecule has 0 fully saturated rings. The van der Waals surface area contributed by atoms with E-state index in [2.05, 4.69) is 15.0 Å². The number of hydrogen-bond donors (Lipinski definition) is 1. The number of carbonyl (C=O) groups excluding carboxylic acids is 1. The maximum Gasteiger partial charge on any atom is 0.417 e. The van der Waals surface area contributed by atoms with Crippen LogP contribution in [-0.4, -0.2) is 24.1 Å². The molecule has 1 aromatic carbocycles. The SMILES string of the molecule is COC(=O)c1c(C(F)(F)F)cc(-c2ccc(C)c(F)c2)nc1NC(C)C. The molecule has 2 aromatic rings. The lowest BCUT2D eigenvalue weighted by Crippen LogP contribution is -2.21. The first-order chi connectivity index (χ1) is 12.0. The number of anilines is 1. The van der Waals surface area contributed by atoms with E-state index >= 15 is 0 Å². The minimum atomic E-state index is -4.82. The van der Waals surface area contributed by atoms with E-state index in [4.69, 9.17) is 0 Å². The van der Waals surface area contributed by atoms with Crippen molar-refractivity contribution in [3.63, 3.8) is 0 Å². The lowest BCUT2D eigenvalue weighted by atomic mass is 10.0. The van der Waals surface area contributed by atoms with Crippen LogP contribution in [0.3, 0.4) is 0 Å². The van der Waals surface area contributed by atoms with Gasteiger partial charge in [0, 0.05) is 11.6 Å². The number of aryl methyl sites for hydroxylation is 1. The molecular formula is C18H18F4N2O2. The maximum absolute atomic E-state index is 13.8. The van der Waals surface area contributed by atoms with E-state index in [0.29, 0.717) is 5.56 Å². The number of methoxy groups -OCH3 is 1. The Bertz CT molecular complexity index is 833. The predicted molar refractivity (Wildman–Crippen MR) is 89.5 cm³/mol. The third kappa shape index (κ3) is 4.12. The lowest BCUT2D eigenvalue weighted by Gasteiger charge is -2.19. The highest BCUT2D eigenvalue weighted by molar-refractivity contribution is 5.97. The van der Waals surface area contributed by atoms with Crippen molar-refractivity contribution in [1.82, 2.24) is 4.98 Å². The fourth-order valence-electron chi connectivity index (χ4n) is 2.36. The molecule has 0 spiro atoms. The normalized spacial score (nSPS) is 11.6. The number of nitrogens with one attached hydrogen (secondary N) is 1. The van der Waals surface area contributed by atoms with Crippen LogP contribution in [0.1, 0.15) is 35.3 Å². The molecule has 0 atom stereocenters. The zero-order chi connectivity index (χ0) is 19.6. The number of benzene rings is 1. The second-order valence-corrected chi connectivity index (χ2v) is 6.03. The number of esters is 1. The Labute approximate surface area is 148 Å². The number of carbonyl (C=O) groups is 1. The van der Waals surface area contributed by atoms with Crippen molar-refractivity contribution in [2.24, 2.45) is 0 Å². The van der Waals surface area contributed by atoms with Crippen molar-refractivity contribution in [3.8, 4) is 11.3 Å². The molecule has 1 heterocycles. The van der Waals surface area contributed by atoms with Crippen LogP contribution in [0, 0.1) is 12.7 Å². The van der Waals surface area contributed by atoms with E-state index in [0.717, 1.165) is 19.2 Å². The molecule has 0 saturated heterocycles. The highest BCUT2D eigenvalue weighted by Crippen LogP contribution is 2.38. The monoisotopic (exact) mass is 370 g/mol. The fraction of sp³-hybridized carbons (Fsp3) is 0.333. The number of ether oxygens (including phenoxy) is 1.